The molecule has 0 radical (unpaired) electrons. The van der Waals surface area contributed by atoms with Gasteiger partial charge in [-0.2, -0.15) is 10.2 Å². The second kappa shape index (κ2) is 9.88. The van der Waals surface area contributed by atoms with Crippen molar-refractivity contribution in [3.63, 3.8) is 0 Å². The van der Waals surface area contributed by atoms with Crippen LogP contribution in [0.3, 0.4) is 0 Å². The van der Waals surface area contributed by atoms with E-state index in [1.54, 1.807) is 49.6 Å². The van der Waals surface area contributed by atoms with E-state index in [4.69, 9.17) is 9.47 Å². The molecular weight excluding hydrogens is 396 g/mol. The molecule has 0 fully saturated rings. The zero-order valence-electron chi connectivity index (χ0n) is 18.1. The smallest absolute Gasteiger partial charge is 0.292 e. The molecule has 31 heavy (non-hydrogen) atoms. The maximum absolute atomic E-state index is 12.8. The van der Waals surface area contributed by atoms with Crippen molar-refractivity contribution >= 4 is 22.9 Å². The molecule has 0 aliphatic heterocycles. The van der Waals surface area contributed by atoms with Gasteiger partial charge in [0.15, 0.2) is 17.2 Å². The van der Waals surface area contributed by atoms with Crippen LogP contribution in [-0.4, -0.2) is 35.6 Å². The van der Waals surface area contributed by atoms with Crippen molar-refractivity contribution in [2.24, 2.45) is 5.10 Å². The molecule has 0 atom stereocenters. The highest BCUT2D eigenvalue weighted by atomic mass is 16.5. The topological polar surface area (TPSA) is 94.8 Å². The first kappa shape index (κ1) is 22.0. The Balaban J connectivity index is 1.86. The summed E-state index contributed by atoms with van der Waals surface area (Å²) in [6.45, 7) is 6.27. The lowest BCUT2D eigenvalue weighted by Gasteiger charge is -2.12. The minimum absolute atomic E-state index is 0.141. The van der Waals surface area contributed by atoms with Crippen LogP contribution in [0.25, 0.3) is 10.8 Å². The Bertz CT molecular complexity index is 1170. The van der Waals surface area contributed by atoms with Gasteiger partial charge in [-0.3, -0.25) is 9.59 Å². The normalized spacial score (nSPS) is 11.3. The number of nitrogens with zero attached hydrogens (tertiary/aromatic N) is 3. The van der Waals surface area contributed by atoms with Crippen LogP contribution < -0.4 is 20.5 Å². The third kappa shape index (κ3) is 4.91. The zero-order valence-corrected chi connectivity index (χ0v) is 18.1. The fourth-order valence-corrected chi connectivity index (χ4v) is 3.04. The number of benzene rings is 2. The van der Waals surface area contributed by atoms with Gasteiger partial charge in [0.25, 0.3) is 11.5 Å². The summed E-state index contributed by atoms with van der Waals surface area (Å²) in [5.74, 6) is 0.732. The number of hydrogen-bond acceptors (Lipinski definition) is 6. The fourth-order valence-electron chi connectivity index (χ4n) is 3.04. The van der Waals surface area contributed by atoms with Crippen molar-refractivity contribution in [1.82, 2.24) is 15.2 Å². The van der Waals surface area contributed by atoms with Crippen molar-refractivity contribution in [2.75, 3.05) is 13.7 Å². The molecule has 0 aliphatic rings. The summed E-state index contributed by atoms with van der Waals surface area (Å²) < 4.78 is 12.3. The molecule has 0 saturated carbocycles. The Kier molecular flexibility index (Phi) is 7.02. The molecule has 8 heteroatoms. The van der Waals surface area contributed by atoms with E-state index in [2.05, 4.69) is 15.6 Å². The van der Waals surface area contributed by atoms with Crippen molar-refractivity contribution in [2.45, 2.75) is 33.2 Å². The molecule has 8 nitrogen and oxygen atoms in total. The lowest BCUT2D eigenvalue weighted by atomic mass is 10.1. The van der Waals surface area contributed by atoms with Crippen LogP contribution >= 0.6 is 0 Å². The van der Waals surface area contributed by atoms with E-state index in [1.807, 2.05) is 20.8 Å². The largest absolute Gasteiger partial charge is 0.493 e. The predicted molar refractivity (Wildman–Crippen MR) is 120 cm³/mol. The molecule has 1 N–H and O–H groups in total. The highest BCUT2D eigenvalue weighted by Gasteiger charge is 2.17. The van der Waals surface area contributed by atoms with Crippen LogP contribution in [0.5, 0.6) is 11.5 Å². The van der Waals surface area contributed by atoms with E-state index < -0.39 is 5.91 Å². The van der Waals surface area contributed by atoms with E-state index in [1.165, 1.54) is 10.9 Å². The van der Waals surface area contributed by atoms with Crippen LogP contribution in [0, 0.1) is 0 Å². The summed E-state index contributed by atoms with van der Waals surface area (Å²) in [4.78, 5) is 25.4. The lowest BCUT2D eigenvalue weighted by Crippen LogP contribution is -2.30. The minimum Gasteiger partial charge on any atom is -0.493 e. The van der Waals surface area contributed by atoms with Crippen LogP contribution in [0.1, 0.15) is 49.3 Å². The fraction of sp³-hybridized carbons (Fsp3) is 0.304. The summed E-state index contributed by atoms with van der Waals surface area (Å²) in [6.07, 6.45) is 2.38. The number of carbonyl (C=O) groups excluding carboxylic acids is 1. The van der Waals surface area contributed by atoms with Gasteiger partial charge in [0.05, 0.1) is 31.4 Å². The van der Waals surface area contributed by atoms with E-state index in [-0.39, 0.29) is 17.3 Å². The maximum atomic E-state index is 12.8. The number of hydrazone groups is 1. The third-order valence-electron chi connectivity index (χ3n) is 4.56. The van der Waals surface area contributed by atoms with Crippen LogP contribution in [-0.2, 0) is 0 Å². The first-order chi connectivity index (χ1) is 15.0. The molecular formula is C23H26N4O4. The number of hydrogen-bond donors (Lipinski definition) is 1. The van der Waals surface area contributed by atoms with Gasteiger partial charge in [-0.05, 0) is 50.1 Å². The number of rotatable bonds is 8. The Morgan fingerprint density at radius 2 is 1.94 bits per heavy atom. The zero-order chi connectivity index (χ0) is 22.4. The van der Waals surface area contributed by atoms with E-state index in [0.29, 0.717) is 28.9 Å². The highest BCUT2D eigenvalue weighted by molar-refractivity contribution is 6.05. The third-order valence-corrected chi connectivity index (χ3v) is 4.56. The molecule has 0 spiro atoms. The molecule has 3 rings (SSSR count). The number of fused-ring (bicyclic) bond motifs is 1. The summed E-state index contributed by atoms with van der Waals surface area (Å²) in [5, 5.41) is 9.25. The first-order valence-corrected chi connectivity index (χ1v) is 10.1. The number of methoxy groups -OCH3 is 1. The van der Waals surface area contributed by atoms with E-state index in [0.717, 1.165) is 12.0 Å². The van der Waals surface area contributed by atoms with Crippen molar-refractivity contribution in [3.8, 4) is 11.5 Å². The molecule has 1 aromatic heterocycles. The van der Waals surface area contributed by atoms with Gasteiger partial charge in [0.1, 0.15) is 0 Å². The van der Waals surface area contributed by atoms with Gasteiger partial charge in [-0.1, -0.05) is 25.1 Å². The molecule has 162 valence electrons. The molecule has 0 saturated heterocycles. The summed E-state index contributed by atoms with van der Waals surface area (Å²) >= 11 is 0. The van der Waals surface area contributed by atoms with Crippen LogP contribution in [0.15, 0.2) is 52.4 Å². The second-order valence-electron chi connectivity index (χ2n) is 7.20. The second-order valence-corrected chi connectivity index (χ2v) is 7.20. The van der Waals surface area contributed by atoms with Gasteiger partial charge in [-0.15, -0.1) is 0 Å². The highest BCUT2D eigenvalue weighted by Crippen LogP contribution is 2.27. The lowest BCUT2D eigenvalue weighted by molar-refractivity contribution is 0.0949. The molecule has 1 heterocycles. The Labute approximate surface area is 180 Å². The average molecular weight is 422 g/mol. The summed E-state index contributed by atoms with van der Waals surface area (Å²) in [5.41, 5.74) is 3.14. The Hall–Kier alpha value is -3.68. The molecule has 0 unspecified atom stereocenters. The Morgan fingerprint density at radius 3 is 2.61 bits per heavy atom. The monoisotopic (exact) mass is 422 g/mol. The van der Waals surface area contributed by atoms with Gasteiger partial charge in [-0.25, -0.2) is 10.1 Å². The number of carbonyl (C=O) groups is 1. The van der Waals surface area contributed by atoms with E-state index >= 15 is 0 Å². The summed E-state index contributed by atoms with van der Waals surface area (Å²) in [6, 6.07) is 12.1. The number of amides is 1. The predicted octanol–water partition coefficient (Wildman–Crippen LogP) is 3.54. The number of ether oxygens (including phenoxy) is 2. The standard InChI is InChI=1S/C23H26N4O4/c1-5-12-31-20-13-16(10-11-19(20)30-4)14-24-25-22(28)21-17-8-6-7-9-18(17)23(29)27(26-21)15(2)3/h6-11,13-15H,5,12H2,1-4H3,(H,25,28)/b24-14-. The van der Waals surface area contributed by atoms with Crippen molar-refractivity contribution in [3.05, 3.63) is 64.1 Å². The molecule has 1 amide bonds. The van der Waals surface area contributed by atoms with Gasteiger partial charge in [0, 0.05) is 5.39 Å². The first-order valence-electron chi connectivity index (χ1n) is 10.1. The molecule has 0 bridgehead atoms. The Morgan fingerprint density at radius 1 is 1.19 bits per heavy atom. The van der Waals surface area contributed by atoms with Gasteiger partial charge < -0.3 is 9.47 Å². The number of nitrogens with one attached hydrogen (secondary N) is 1. The maximum Gasteiger partial charge on any atom is 0.292 e. The minimum atomic E-state index is -0.502. The van der Waals surface area contributed by atoms with Crippen LogP contribution in [0.2, 0.25) is 0 Å². The van der Waals surface area contributed by atoms with E-state index in [9.17, 15) is 9.59 Å². The van der Waals surface area contributed by atoms with Crippen molar-refractivity contribution in [1.29, 1.82) is 0 Å². The molecule has 3 aromatic rings. The van der Waals surface area contributed by atoms with Gasteiger partial charge >= 0.3 is 0 Å². The quantitative estimate of drug-likeness (QED) is 0.443. The van der Waals surface area contributed by atoms with Gasteiger partial charge in [0.2, 0.25) is 0 Å². The average Bonchev–Trinajstić information content (AvgIpc) is 2.77. The van der Waals surface area contributed by atoms with Crippen molar-refractivity contribution < 1.29 is 14.3 Å². The molecule has 0 aliphatic carbocycles. The number of aromatic nitrogens is 2. The SMILES string of the molecule is CCCOc1cc(/C=N\NC(=O)c2nn(C(C)C)c(=O)c3ccccc23)ccc1OC. The van der Waals surface area contributed by atoms with Crippen LogP contribution in [0.4, 0.5) is 0 Å². The molecule has 2 aromatic carbocycles. The summed E-state index contributed by atoms with van der Waals surface area (Å²) in [7, 11) is 1.58.